The molecule has 0 aromatic rings. The van der Waals surface area contributed by atoms with Gasteiger partial charge in [0.1, 0.15) is 13.2 Å². The number of unbranched alkanes of at least 4 members (excludes halogenated alkanes) is 9. The molecule has 2 atom stereocenters. The van der Waals surface area contributed by atoms with Crippen LogP contribution in [0.1, 0.15) is 142 Å². The summed E-state index contributed by atoms with van der Waals surface area (Å²) in [6, 6.07) is 0. The van der Waals surface area contributed by atoms with Crippen LogP contribution in [0.2, 0.25) is 0 Å². The molecule has 0 saturated heterocycles. The first-order valence-electron chi connectivity index (χ1n) is 21.7. The van der Waals surface area contributed by atoms with Gasteiger partial charge in [-0.1, -0.05) is 144 Å². The van der Waals surface area contributed by atoms with Crippen molar-refractivity contribution in [2.75, 3.05) is 47.5 Å². The number of rotatable bonds is 38. The van der Waals surface area contributed by atoms with Crippen LogP contribution in [0.25, 0.3) is 0 Å². The van der Waals surface area contributed by atoms with E-state index in [2.05, 4.69) is 98.9 Å². The zero-order valence-corrected chi connectivity index (χ0v) is 36.4. The highest BCUT2D eigenvalue weighted by Crippen LogP contribution is 2.11. The number of nitrogens with zero attached hydrogens (tertiary/aromatic N) is 1. The molecule has 0 aliphatic carbocycles. The number of carbonyl (C=O) groups excluding carboxylic acids is 3. The molecular weight excluding hydrogens is 719 g/mol. The van der Waals surface area contributed by atoms with E-state index in [1.165, 1.54) is 0 Å². The number of allylic oxidation sites excluding steroid dienone is 14. The Morgan fingerprint density at radius 2 is 1.00 bits per heavy atom. The van der Waals surface area contributed by atoms with E-state index in [9.17, 15) is 19.5 Å². The van der Waals surface area contributed by atoms with Gasteiger partial charge in [-0.25, -0.2) is 0 Å². The van der Waals surface area contributed by atoms with Crippen LogP contribution >= 0.6 is 0 Å². The summed E-state index contributed by atoms with van der Waals surface area (Å²) in [5.41, 5.74) is 0. The molecule has 0 aliphatic rings. The van der Waals surface area contributed by atoms with Crippen LogP contribution < -0.4 is 5.11 Å². The molecule has 2 unspecified atom stereocenters. The SMILES string of the molecule is CC/C=C\C/C=C\C/C=C\C/C=C\C/C=C\C/C=C\C/C=C\CCCCCCCC(=O)OC(COC(=O)CCCCCCC)COC(OCC[N+](C)(C)C)C(=O)[O-]. The van der Waals surface area contributed by atoms with Gasteiger partial charge in [0.15, 0.2) is 12.4 Å². The van der Waals surface area contributed by atoms with Gasteiger partial charge in [0.05, 0.1) is 40.3 Å². The van der Waals surface area contributed by atoms with Crippen molar-refractivity contribution >= 4 is 17.9 Å². The van der Waals surface area contributed by atoms with E-state index < -0.39 is 24.3 Å². The fourth-order valence-electron chi connectivity index (χ4n) is 5.28. The monoisotopic (exact) mass is 798 g/mol. The van der Waals surface area contributed by atoms with Crippen LogP contribution in [0.15, 0.2) is 85.1 Å². The van der Waals surface area contributed by atoms with Crippen LogP contribution in [0, 0.1) is 0 Å². The number of carboxylic acids is 1. The van der Waals surface area contributed by atoms with Crippen molar-refractivity contribution in [3.63, 3.8) is 0 Å². The maximum atomic E-state index is 12.7. The van der Waals surface area contributed by atoms with Crippen molar-refractivity contribution in [3.8, 4) is 0 Å². The fourth-order valence-corrected chi connectivity index (χ4v) is 5.28. The molecule has 0 rings (SSSR count). The minimum absolute atomic E-state index is 0.139. The Bertz CT molecular complexity index is 1210. The van der Waals surface area contributed by atoms with Gasteiger partial charge in [-0.15, -0.1) is 0 Å². The minimum Gasteiger partial charge on any atom is -0.545 e. The Morgan fingerprint density at radius 1 is 0.544 bits per heavy atom. The normalized spacial score (nSPS) is 13.8. The molecule has 0 heterocycles. The predicted molar refractivity (Wildman–Crippen MR) is 232 cm³/mol. The largest absolute Gasteiger partial charge is 0.545 e. The highest BCUT2D eigenvalue weighted by atomic mass is 16.7. The molecule has 324 valence electrons. The number of carboxylic acid groups (broad SMARTS) is 1. The van der Waals surface area contributed by atoms with E-state index in [1.807, 2.05) is 21.1 Å². The summed E-state index contributed by atoms with van der Waals surface area (Å²) in [6.45, 7) is 4.47. The molecule has 0 bridgehead atoms. The van der Waals surface area contributed by atoms with Gasteiger partial charge in [0.2, 0.25) is 0 Å². The Kier molecular flexibility index (Phi) is 36.9. The first-order valence-corrected chi connectivity index (χ1v) is 21.7. The highest BCUT2D eigenvalue weighted by Gasteiger charge is 2.21. The summed E-state index contributed by atoms with van der Waals surface area (Å²) >= 11 is 0. The Hall–Kier alpha value is -3.53. The molecule has 0 aliphatic heterocycles. The number of quaternary nitrogens is 1. The van der Waals surface area contributed by atoms with E-state index in [-0.39, 0.29) is 38.6 Å². The molecule has 0 amide bonds. The van der Waals surface area contributed by atoms with Crippen LogP contribution in [-0.4, -0.2) is 82.3 Å². The molecule has 9 nitrogen and oxygen atoms in total. The van der Waals surface area contributed by atoms with E-state index in [0.717, 1.165) is 109 Å². The molecule has 0 radical (unpaired) electrons. The van der Waals surface area contributed by atoms with Crippen LogP contribution in [0.4, 0.5) is 0 Å². The number of carbonyl (C=O) groups is 3. The molecule has 0 saturated carbocycles. The topological polar surface area (TPSA) is 111 Å². The molecule has 57 heavy (non-hydrogen) atoms. The second kappa shape index (κ2) is 39.3. The summed E-state index contributed by atoms with van der Waals surface area (Å²) in [4.78, 5) is 36.6. The predicted octanol–water partition coefficient (Wildman–Crippen LogP) is 9.99. The lowest BCUT2D eigenvalue weighted by molar-refractivity contribution is -0.870. The zero-order chi connectivity index (χ0) is 42.1. The van der Waals surface area contributed by atoms with Crippen molar-refractivity contribution in [1.29, 1.82) is 0 Å². The second-order valence-electron chi connectivity index (χ2n) is 15.3. The van der Waals surface area contributed by atoms with Crippen molar-refractivity contribution < 1.29 is 42.9 Å². The summed E-state index contributed by atoms with van der Waals surface area (Å²) in [6.07, 6.45) is 46.7. The van der Waals surface area contributed by atoms with Crippen molar-refractivity contribution in [2.45, 2.75) is 155 Å². The number of hydrogen-bond acceptors (Lipinski definition) is 8. The van der Waals surface area contributed by atoms with Crippen molar-refractivity contribution in [3.05, 3.63) is 85.1 Å². The van der Waals surface area contributed by atoms with E-state index in [0.29, 0.717) is 17.4 Å². The lowest BCUT2D eigenvalue weighted by atomic mass is 10.1. The van der Waals surface area contributed by atoms with E-state index >= 15 is 0 Å². The summed E-state index contributed by atoms with van der Waals surface area (Å²) in [7, 11) is 5.88. The molecule has 0 spiro atoms. The number of likely N-dealkylation sites (N-methyl/N-ethyl adjacent to an activating group) is 1. The third kappa shape index (κ3) is 40.5. The Balaban J connectivity index is 4.28. The van der Waals surface area contributed by atoms with E-state index in [4.69, 9.17) is 18.9 Å². The standard InChI is InChI=1S/C48H79NO8/c1-6-8-10-12-13-14-15-16-17-18-19-20-21-22-23-24-25-26-27-28-29-30-31-32-33-35-37-39-46(51)57-44(42-55-45(50)38-36-34-11-9-7-2)43-56-48(47(52)53)54-41-40-49(3,4)5/h8,10,13-14,16-17,19-20,22-23,25-26,28-29,44,48H,6-7,9,11-12,15,18,21,24,27,30-43H2,1-5H3/b10-8-,14-13-,17-16-,20-19-,23-22-,26-25-,29-28-. The molecule has 9 heteroatoms. The maximum absolute atomic E-state index is 12.7. The molecule has 0 aromatic carbocycles. The van der Waals surface area contributed by atoms with Gasteiger partial charge in [0.25, 0.3) is 0 Å². The Labute approximate surface area is 347 Å². The quantitative estimate of drug-likeness (QED) is 0.0200. The third-order valence-corrected chi connectivity index (χ3v) is 8.66. The Morgan fingerprint density at radius 3 is 1.49 bits per heavy atom. The number of aliphatic carboxylic acids is 1. The first kappa shape index (κ1) is 53.5. The first-order chi connectivity index (χ1) is 27.6. The molecule has 0 fully saturated rings. The number of esters is 2. The van der Waals surface area contributed by atoms with Gasteiger partial charge >= 0.3 is 11.9 Å². The van der Waals surface area contributed by atoms with Crippen molar-refractivity contribution in [1.82, 2.24) is 0 Å². The lowest BCUT2D eigenvalue weighted by Crippen LogP contribution is -2.44. The third-order valence-electron chi connectivity index (χ3n) is 8.66. The van der Waals surface area contributed by atoms with Crippen molar-refractivity contribution in [2.24, 2.45) is 0 Å². The molecular formula is C48H79NO8. The maximum Gasteiger partial charge on any atom is 0.306 e. The van der Waals surface area contributed by atoms with Gasteiger partial charge < -0.3 is 33.3 Å². The smallest absolute Gasteiger partial charge is 0.306 e. The van der Waals surface area contributed by atoms with Gasteiger partial charge in [0, 0.05) is 12.8 Å². The zero-order valence-electron chi connectivity index (χ0n) is 36.4. The van der Waals surface area contributed by atoms with Gasteiger partial charge in [-0.2, -0.15) is 0 Å². The average molecular weight is 798 g/mol. The second-order valence-corrected chi connectivity index (χ2v) is 15.3. The van der Waals surface area contributed by atoms with Crippen LogP contribution in [0.5, 0.6) is 0 Å². The fraction of sp³-hybridized carbons (Fsp3) is 0.646. The van der Waals surface area contributed by atoms with Crippen LogP contribution in [0.3, 0.4) is 0 Å². The minimum atomic E-state index is -1.63. The van der Waals surface area contributed by atoms with Gasteiger partial charge in [-0.3, -0.25) is 9.59 Å². The highest BCUT2D eigenvalue weighted by molar-refractivity contribution is 5.70. The van der Waals surface area contributed by atoms with E-state index in [1.54, 1.807) is 0 Å². The summed E-state index contributed by atoms with van der Waals surface area (Å²) in [5.74, 6) is -2.34. The molecule has 0 N–H and O–H groups in total. The van der Waals surface area contributed by atoms with Gasteiger partial charge in [-0.05, 0) is 70.6 Å². The number of ether oxygens (including phenoxy) is 4. The lowest BCUT2D eigenvalue weighted by Gasteiger charge is -2.26. The number of hydrogen-bond donors (Lipinski definition) is 0. The average Bonchev–Trinajstić information content (AvgIpc) is 3.17. The van der Waals surface area contributed by atoms with Crippen LogP contribution in [-0.2, 0) is 33.3 Å². The summed E-state index contributed by atoms with van der Waals surface area (Å²) < 4.78 is 22.3. The molecule has 0 aromatic heterocycles. The summed E-state index contributed by atoms with van der Waals surface area (Å²) in [5, 5.41) is 11.6.